The molecule has 0 spiro atoms. The topological polar surface area (TPSA) is 74.6 Å². The molecular weight excluding hydrogens is 498 g/mol. The number of rotatable bonds is 6. The van der Waals surface area contributed by atoms with E-state index in [1.165, 1.54) is 11.6 Å². The molecule has 0 saturated carbocycles. The maximum atomic E-state index is 13.6. The molecule has 1 aromatic heterocycles. The summed E-state index contributed by atoms with van der Waals surface area (Å²) in [6, 6.07) is 4.50. The lowest BCUT2D eigenvalue weighted by atomic mass is 10.0. The lowest BCUT2D eigenvalue weighted by Gasteiger charge is -2.21. The van der Waals surface area contributed by atoms with Crippen LogP contribution in [0.1, 0.15) is 40.7 Å². The number of carbonyl (C=O) groups excluding carboxylic acids is 1. The van der Waals surface area contributed by atoms with Crippen molar-refractivity contribution in [2.45, 2.75) is 26.2 Å². The van der Waals surface area contributed by atoms with Gasteiger partial charge in [-0.3, -0.25) is 14.5 Å². The first-order valence-corrected chi connectivity index (χ1v) is 10.0. The van der Waals surface area contributed by atoms with Gasteiger partial charge in [0.05, 0.1) is 12.7 Å². The number of nitrogens with one attached hydrogen (secondary N) is 2. The second-order valence-corrected chi connectivity index (χ2v) is 7.33. The highest BCUT2D eigenvalue weighted by atomic mass is 127. The molecule has 0 radical (unpaired) electrons. The van der Waals surface area contributed by atoms with E-state index in [1.807, 2.05) is 24.9 Å². The third-order valence-corrected chi connectivity index (χ3v) is 5.11. The van der Waals surface area contributed by atoms with Gasteiger partial charge in [-0.15, -0.1) is 24.0 Å². The van der Waals surface area contributed by atoms with Gasteiger partial charge in [-0.25, -0.2) is 4.39 Å². The fourth-order valence-electron chi connectivity index (χ4n) is 3.47. The monoisotopic (exact) mass is 528 g/mol. The molecule has 3 rings (SSSR count). The maximum Gasteiger partial charge on any atom is 0.251 e. The summed E-state index contributed by atoms with van der Waals surface area (Å²) in [6.45, 7) is 7.16. The highest BCUT2D eigenvalue weighted by Crippen LogP contribution is 2.26. The standard InChI is InChI=1S/C21H29FN6O.HI/c1-4-23-21(28-10-7-17(14-28)18-12-26-27(3)13-18)25-9-8-24-20(29)16-6-5-15(2)19(22)11-16;/h5-6,11-13,17H,4,7-10,14H2,1-3H3,(H,23,25)(H,24,29);1H. The van der Waals surface area contributed by atoms with E-state index in [1.54, 1.807) is 19.1 Å². The van der Waals surface area contributed by atoms with Crippen LogP contribution in [-0.4, -0.2) is 59.3 Å². The van der Waals surface area contributed by atoms with Crippen molar-refractivity contribution in [3.63, 3.8) is 0 Å². The molecule has 1 fully saturated rings. The Balaban J connectivity index is 0.00000320. The van der Waals surface area contributed by atoms with Crippen molar-refractivity contribution in [3.05, 3.63) is 53.1 Å². The molecule has 7 nitrogen and oxygen atoms in total. The molecule has 2 aromatic rings. The van der Waals surface area contributed by atoms with Crippen LogP contribution >= 0.6 is 24.0 Å². The van der Waals surface area contributed by atoms with Gasteiger partial charge in [-0.1, -0.05) is 6.07 Å². The summed E-state index contributed by atoms with van der Waals surface area (Å²) in [7, 11) is 1.93. The smallest absolute Gasteiger partial charge is 0.251 e. The minimum atomic E-state index is -0.373. The van der Waals surface area contributed by atoms with Crippen LogP contribution in [0, 0.1) is 12.7 Å². The molecule has 1 aliphatic heterocycles. The molecule has 9 heteroatoms. The van der Waals surface area contributed by atoms with Crippen molar-refractivity contribution in [1.29, 1.82) is 0 Å². The highest BCUT2D eigenvalue weighted by molar-refractivity contribution is 14.0. The van der Waals surface area contributed by atoms with Crippen molar-refractivity contribution >= 4 is 35.8 Å². The Morgan fingerprint density at radius 2 is 2.17 bits per heavy atom. The Bertz CT molecular complexity index is 884. The van der Waals surface area contributed by atoms with Crippen LogP contribution in [0.3, 0.4) is 0 Å². The first kappa shape index (κ1) is 24.1. The average molecular weight is 528 g/mol. The quantitative estimate of drug-likeness (QED) is 0.262. The lowest BCUT2D eigenvalue weighted by molar-refractivity contribution is 0.0954. The van der Waals surface area contributed by atoms with Crippen LogP contribution < -0.4 is 10.6 Å². The van der Waals surface area contributed by atoms with E-state index < -0.39 is 0 Å². The number of guanidine groups is 1. The zero-order chi connectivity index (χ0) is 20.8. The summed E-state index contributed by atoms with van der Waals surface area (Å²) in [5, 5.41) is 10.4. The number of carbonyl (C=O) groups is 1. The number of hydrogen-bond donors (Lipinski definition) is 2. The minimum Gasteiger partial charge on any atom is -0.357 e. The number of benzene rings is 1. The zero-order valence-electron chi connectivity index (χ0n) is 17.7. The largest absolute Gasteiger partial charge is 0.357 e. The first-order valence-electron chi connectivity index (χ1n) is 10.0. The van der Waals surface area contributed by atoms with Crippen LogP contribution in [0.5, 0.6) is 0 Å². The van der Waals surface area contributed by atoms with Crippen LogP contribution in [-0.2, 0) is 7.05 Å². The fraction of sp³-hybridized carbons (Fsp3) is 0.476. The van der Waals surface area contributed by atoms with E-state index >= 15 is 0 Å². The Labute approximate surface area is 194 Å². The highest BCUT2D eigenvalue weighted by Gasteiger charge is 2.26. The number of nitrogens with zero attached hydrogens (tertiary/aromatic N) is 4. The molecule has 0 aliphatic carbocycles. The molecular formula is C21H30FIN6O. The predicted octanol–water partition coefficient (Wildman–Crippen LogP) is 2.67. The molecule has 2 heterocycles. The number of hydrogen-bond acceptors (Lipinski definition) is 3. The van der Waals surface area contributed by atoms with Crippen LogP contribution in [0.25, 0.3) is 0 Å². The second-order valence-electron chi connectivity index (χ2n) is 7.33. The van der Waals surface area contributed by atoms with Crippen LogP contribution in [0.15, 0.2) is 35.6 Å². The van der Waals surface area contributed by atoms with Crippen molar-refractivity contribution < 1.29 is 9.18 Å². The number of halogens is 2. The number of likely N-dealkylation sites (tertiary alicyclic amines) is 1. The van der Waals surface area contributed by atoms with E-state index in [9.17, 15) is 9.18 Å². The van der Waals surface area contributed by atoms with Crippen molar-refractivity contribution in [1.82, 2.24) is 25.3 Å². The summed E-state index contributed by atoms with van der Waals surface area (Å²) in [4.78, 5) is 19.1. The Hall–Kier alpha value is -2.17. The van der Waals surface area contributed by atoms with Crippen molar-refractivity contribution in [2.75, 3.05) is 32.7 Å². The molecule has 1 atom stereocenters. The van der Waals surface area contributed by atoms with Gasteiger partial charge in [-0.05, 0) is 43.5 Å². The van der Waals surface area contributed by atoms with Crippen molar-refractivity contribution in [3.8, 4) is 0 Å². The van der Waals surface area contributed by atoms with E-state index in [4.69, 9.17) is 0 Å². The molecule has 1 unspecified atom stereocenters. The minimum absolute atomic E-state index is 0. The van der Waals surface area contributed by atoms with Crippen LogP contribution in [0.2, 0.25) is 0 Å². The summed E-state index contributed by atoms with van der Waals surface area (Å²) in [6.07, 6.45) is 5.06. The van der Waals surface area contributed by atoms with Gasteiger partial charge >= 0.3 is 0 Å². The lowest BCUT2D eigenvalue weighted by Crippen LogP contribution is -2.40. The number of amides is 1. The van der Waals surface area contributed by atoms with E-state index in [0.717, 1.165) is 32.0 Å². The Kier molecular flexibility index (Phi) is 9.07. The first-order chi connectivity index (χ1) is 14.0. The summed E-state index contributed by atoms with van der Waals surface area (Å²) < 4.78 is 15.5. The van der Waals surface area contributed by atoms with Gasteiger partial charge in [0.25, 0.3) is 5.91 Å². The average Bonchev–Trinajstić information content (AvgIpc) is 3.35. The van der Waals surface area contributed by atoms with E-state index in [0.29, 0.717) is 30.1 Å². The van der Waals surface area contributed by atoms with E-state index in [2.05, 4.69) is 31.8 Å². The predicted molar refractivity (Wildman–Crippen MR) is 127 cm³/mol. The SMILES string of the molecule is CCNC(=NCCNC(=O)c1ccc(C)c(F)c1)N1CCC(c2cnn(C)c2)C1.I. The Morgan fingerprint density at radius 3 is 2.83 bits per heavy atom. The van der Waals surface area contributed by atoms with Gasteiger partial charge < -0.3 is 15.5 Å². The molecule has 1 amide bonds. The third kappa shape index (κ3) is 6.16. The van der Waals surface area contributed by atoms with E-state index in [-0.39, 0.29) is 35.7 Å². The second kappa shape index (κ2) is 11.3. The van der Waals surface area contributed by atoms with Gasteiger partial charge in [0.2, 0.25) is 0 Å². The maximum absolute atomic E-state index is 13.6. The Morgan fingerprint density at radius 1 is 1.37 bits per heavy atom. The third-order valence-electron chi connectivity index (χ3n) is 5.11. The number of aryl methyl sites for hydroxylation is 2. The molecule has 30 heavy (non-hydrogen) atoms. The van der Waals surface area contributed by atoms with Crippen molar-refractivity contribution in [2.24, 2.45) is 12.0 Å². The number of aromatic nitrogens is 2. The van der Waals surface area contributed by atoms with Gasteiger partial charge in [0, 0.05) is 50.9 Å². The normalized spacial score (nSPS) is 16.3. The van der Waals surface area contributed by atoms with Crippen LogP contribution in [0.4, 0.5) is 4.39 Å². The molecule has 1 aromatic carbocycles. The molecule has 2 N–H and O–H groups in total. The van der Waals surface area contributed by atoms with Gasteiger partial charge in [-0.2, -0.15) is 5.10 Å². The molecule has 1 saturated heterocycles. The van der Waals surface area contributed by atoms with Gasteiger partial charge in [0.1, 0.15) is 5.82 Å². The summed E-state index contributed by atoms with van der Waals surface area (Å²) in [5.74, 6) is 0.641. The molecule has 164 valence electrons. The summed E-state index contributed by atoms with van der Waals surface area (Å²) >= 11 is 0. The fourth-order valence-corrected chi connectivity index (χ4v) is 3.47. The molecule has 1 aliphatic rings. The zero-order valence-corrected chi connectivity index (χ0v) is 20.0. The number of aliphatic imine (C=N–C) groups is 1. The summed E-state index contributed by atoms with van der Waals surface area (Å²) in [5.41, 5.74) is 2.10. The molecule has 0 bridgehead atoms. The van der Waals surface area contributed by atoms with Gasteiger partial charge in [0.15, 0.2) is 5.96 Å².